The predicted octanol–water partition coefficient (Wildman–Crippen LogP) is 1.86. The molecule has 3 unspecified atom stereocenters. The first kappa shape index (κ1) is 12.5. The van der Waals surface area contributed by atoms with Crippen LogP contribution in [0.3, 0.4) is 0 Å². The van der Waals surface area contributed by atoms with Gasteiger partial charge in [-0.15, -0.1) is 11.6 Å². The van der Waals surface area contributed by atoms with Gasteiger partial charge in [-0.25, -0.2) is 6.57 Å². The maximum Gasteiger partial charge on any atom is 0.237 e. The minimum atomic E-state index is -0.379. The van der Waals surface area contributed by atoms with Crippen LogP contribution in [0.25, 0.3) is 4.85 Å². The molecule has 4 heteroatoms. The SMILES string of the molecule is [C-]#[N+]C1CNC(C(=O)C(C)(C)C)C(Cl)C1. The minimum absolute atomic E-state index is 0.0866. The van der Waals surface area contributed by atoms with E-state index in [1.54, 1.807) is 0 Å². The Morgan fingerprint density at radius 1 is 1.53 bits per heavy atom. The molecular formula is C11H17ClN2O. The van der Waals surface area contributed by atoms with Crippen molar-refractivity contribution in [3.05, 3.63) is 11.4 Å². The maximum absolute atomic E-state index is 12.0. The molecule has 1 saturated heterocycles. The van der Waals surface area contributed by atoms with E-state index in [1.165, 1.54) is 0 Å². The monoisotopic (exact) mass is 228 g/mol. The number of piperidine rings is 1. The zero-order valence-corrected chi connectivity index (χ0v) is 10.1. The number of alkyl halides is 1. The molecule has 0 aliphatic carbocycles. The Bertz CT molecular complexity index is 290. The molecular weight excluding hydrogens is 212 g/mol. The zero-order chi connectivity index (χ0) is 11.6. The summed E-state index contributed by atoms with van der Waals surface area (Å²) in [4.78, 5) is 15.4. The van der Waals surface area contributed by atoms with E-state index < -0.39 is 0 Å². The summed E-state index contributed by atoms with van der Waals surface area (Å²) in [6.07, 6.45) is 0.602. The van der Waals surface area contributed by atoms with Gasteiger partial charge in [0.1, 0.15) is 0 Å². The van der Waals surface area contributed by atoms with Crippen molar-refractivity contribution in [2.24, 2.45) is 5.41 Å². The molecule has 1 aliphatic rings. The molecule has 3 atom stereocenters. The number of carbonyl (C=O) groups excluding carboxylic acids is 1. The molecule has 1 fully saturated rings. The highest BCUT2D eigenvalue weighted by Gasteiger charge is 2.39. The molecule has 0 aromatic heterocycles. The molecule has 0 aromatic rings. The van der Waals surface area contributed by atoms with Crippen LogP contribution in [-0.4, -0.2) is 29.8 Å². The molecule has 1 aliphatic heterocycles. The van der Waals surface area contributed by atoms with Gasteiger partial charge in [-0.1, -0.05) is 20.8 Å². The number of ketones is 1. The van der Waals surface area contributed by atoms with Crippen LogP contribution in [0.4, 0.5) is 0 Å². The first-order valence-corrected chi connectivity index (χ1v) is 5.58. The molecule has 84 valence electrons. The first-order valence-electron chi connectivity index (χ1n) is 5.14. The van der Waals surface area contributed by atoms with Crippen LogP contribution in [-0.2, 0) is 4.79 Å². The summed E-state index contributed by atoms with van der Waals surface area (Å²) < 4.78 is 0. The average molecular weight is 229 g/mol. The van der Waals surface area contributed by atoms with E-state index in [4.69, 9.17) is 18.2 Å². The van der Waals surface area contributed by atoms with Gasteiger partial charge in [0.2, 0.25) is 6.04 Å². The van der Waals surface area contributed by atoms with Gasteiger partial charge >= 0.3 is 0 Å². The number of nitrogens with one attached hydrogen (secondary N) is 1. The van der Waals surface area contributed by atoms with Crippen molar-refractivity contribution in [1.29, 1.82) is 0 Å². The highest BCUT2D eigenvalue weighted by molar-refractivity contribution is 6.23. The van der Waals surface area contributed by atoms with Gasteiger partial charge in [-0.3, -0.25) is 10.1 Å². The Hall–Kier alpha value is -0.590. The van der Waals surface area contributed by atoms with Crippen LogP contribution in [0.1, 0.15) is 27.2 Å². The summed E-state index contributed by atoms with van der Waals surface area (Å²) in [5.74, 6) is 0.130. The zero-order valence-electron chi connectivity index (χ0n) is 9.38. The van der Waals surface area contributed by atoms with E-state index in [0.717, 1.165) is 0 Å². The molecule has 0 bridgehead atoms. The summed E-state index contributed by atoms with van der Waals surface area (Å²) in [5.41, 5.74) is -0.379. The van der Waals surface area contributed by atoms with E-state index in [1.807, 2.05) is 20.8 Å². The smallest absolute Gasteiger partial charge is 0.237 e. The molecule has 0 radical (unpaired) electrons. The van der Waals surface area contributed by atoms with Crippen LogP contribution in [0.2, 0.25) is 0 Å². The fourth-order valence-corrected chi connectivity index (χ4v) is 2.10. The highest BCUT2D eigenvalue weighted by atomic mass is 35.5. The largest absolute Gasteiger partial charge is 0.312 e. The van der Waals surface area contributed by atoms with Crippen molar-refractivity contribution in [3.8, 4) is 0 Å². The summed E-state index contributed by atoms with van der Waals surface area (Å²) in [6, 6.07) is -0.388. The normalized spacial score (nSPS) is 32.1. The number of Topliss-reactive ketones (excluding diaryl/α,β-unsaturated/α-hetero) is 1. The van der Waals surface area contributed by atoms with Gasteiger partial charge in [-0.2, -0.15) is 0 Å². The Morgan fingerprint density at radius 2 is 2.13 bits per heavy atom. The van der Waals surface area contributed by atoms with Crippen LogP contribution in [0.15, 0.2) is 0 Å². The van der Waals surface area contributed by atoms with E-state index in [0.29, 0.717) is 13.0 Å². The van der Waals surface area contributed by atoms with Crippen molar-refractivity contribution in [2.75, 3.05) is 6.54 Å². The topological polar surface area (TPSA) is 33.5 Å². The van der Waals surface area contributed by atoms with Crippen molar-refractivity contribution < 1.29 is 4.79 Å². The average Bonchev–Trinajstić information content (AvgIpc) is 2.15. The lowest BCUT2D eigenvalue weighted by atomic mass is 9.83. The Balaban J connectivity index is 2.67. The predicted molar refractivity (Wildman–Crippen MR) is 60.9 cm³/mol. The number of nitrogens with zero attached hydrogens (tertiary/aromatic N) is 1. The van der Waals surface area contributed by atoms with Crippen LogP contribution >= 0.6 is 11.6 Å². The molecule has 3 nitrogen and oxygen atoms in total. The second-order valence-electron chi connectivity index (χ2n) is 5.03. The second-order valence-corrected chi connectivity index (χ2v) is 5.60. The van der Waals surface area contributed by atoms with Gasteiger partial charge in [-0.05, 0) is 0 Å². The number of halogens is 1. The number of carbonyl (C=O) groups is 1. The van der Waals surface area contributed by atoms with Crippen LogP contribution in [0.5, 0.6) is 0 Å². The van der Waals surface area contributed by atoms with Crippen molar-refractivity contribution in [3.63, 3.8) is 0 Å². The fraction of sp³-hybridized carbons (Fsp3) is 0.818. The summed E-state index contributed by atoms with van der Waals surface area (Å²) in [5, 5.41) is 2.82. The number of hydrogen-bond acceptors (Lipinski definition) is 2. The minimum Gasteiger partial charge on any atom is -0.312 e. The fourth-order valence-electron chi connectivity index (χ4n) is 1.69. The van der Waals surface area contributed by atoms with E-state index in [9.17, 15) is 4.79 Å². The summed E-state index contributed by atoms with van der Waals surface area (Å²) in [7, 11) is 0. The number of hydrogen-bond donors (Lipinski definition) is 1. The quantitative estimate of drug-likeness (QED) is 0.549. The van der Waals surface area contributed by atoms with Gasteiger partial charge < -0.3 is 4.85 Å². The Kier molecular flexibility index (Phi) is 3.75. The Morgan fingerprint density at radius 3 is 2.53 bits per heavy atom. The third-order valence-corrected chi connectivity index (χ3v) is 3.07. The molecule has 0 saturated carbocycles. The van der Waals surface area contributed by atoms with Crippen molar-refractivity contribution in [1.82, 2.24) is 5.32 Å². The molecule has 0 amide bonds. The molecule has 0 aromatic carbocycles. The molecule has 0 spiro atoms. The lowest BCUT2D eigenvalue weighted by Gasteiger charge is -2.32. The number of rotatable bonds is 1. The van der Waals surface area contributed by atoms with Gasteiger partial charge in [0.15, 0.2) is 5.78 Å². The second kappa shape index (κ2) is 4.51. The third kappa shape index (κ3) is 2.93. The van der Waals surface area contributed by atoms with Gasteiger partial charge in [0.05, 0.1) is 18.0 Å². The maximum atomic E-state index is 12.0. The highest BCUT2D eigenvalue weighted by Crippen LogP contribution is 2.25. The lowest BCUT2D eigenvalue weighted by molar-refractivity contribution is -0.128. The summed E-state index contributed by atoms with van der Waals surface area (Å²) in [6.45, 7) is 13.2. The van der Waals surface area contributed by atoms with Gasteiger partial charge in [0.25, 0.3) is 0 Å². The third-order valence-electron chi connectivity index (χ3n) is 2.64. The molecule has 15 heavy (non-hydrogen) atoms. The van der Waals surface area contributed by atoms with Crippen molar-refractivity contribution in [2.45, 2.75) is 44.7 Å². The van der Waals surface area contributed by atoms with E-state index >= 15 is 0 Å². The van der Waals surface area contributed by atoms with Gasteiger partial charge in [0, 0.05) is 11.8 Å². The molecule has 1 N–H and O–H groups in total. The van der Waals surface area contributed by atoms with Crippen LogP contribution in [0, 0.1) is 12.0 Å². The van der Waals surface area contributed by atoms with E-state index in [-0.39, 0.29) is 28.7 Å². The Labute approximate surface area is 96.0 Å². The summed E-state index contributed by atoms with van der Waals surface area (Å²) >= 11 is 6.13. The van der Waals surface area contributed by atoms with E-state index in [2.05, 4.69) is 10.2 Å². The van der Waals surface area contributed by atoms with Crippen molar-refractivity contribution >= 4 is 17.4 Å². The van der Waals surface area contributed by atoms with Crippen LogP contribution < -0.4 is 5.32 Å². The molecule has 1 heterocycles. The first-order chi connectivity index (χ1) is 6.86. The lowest BCUT2D eigenvalue weighted by Crippen LogP contribution is -2.54. The molecule has 1 rings (SSSR count). The standard InChI is InChI=1S/C11H17ClN2O/c1-11(2,3)10(15)9-8(12)5-7(13-4)6-14-9/h7-9,14H,5-6H2,1-3H3.